The van der Waals surface area contributed by atoms with Gasteiger partial charge in [0.2, 0.25) is 10.0 Å². The first kappa shape index (κ1) is 30.9. The summed E-state index contributed by atoms with van der Waals surface area (Å²) >= 11 is 6.61. The van der Waals surface area contributed by atoms with Crippen LogP contribution in [0.4, 0.5) is 5.69 Å². The summed E-state index contributed by atoms with van der Waals surface area (Å²) in [5.74, 6) is -1.18. The fourth-order valence-corrected chi connectivity index (χ4v) is 6.96. The molecule has 0 atom stereocenters. The Bertz CT molecular complexity index is 1350. The first-order valence-corrected chi connectivity index (χ1v) is 16.1. The zero-order chi connectivity index (χ0) is 29.4. The van der Waals surface area contributed by atoms with E-state index < -0.39 is 21.7 Å². The summed E-state index contributed by atoms with van der Waals surface area (Å²) in [5, 5.41) is 7.93. The highest BCUT2D eigenvalue weighted by Crippen LogP contribution is 2.33. The second kappa shape index (κ2) is 14.2. The highest BCUT2D eigenvalue weighted by atomic mass is 35.5. The maximum atomic E-state index is 13.3. The third-order valence-corrected chi connectivity index (χ3v) is 9.46. The number of hydrogen-bond acceptors (Lipinski definition) is 7. The number of hydrogen-bond donors (Lipinski definition) is 2. The molecular weight excluding hydrogens is 564 g/mol. The lowest BCUT2D eigenvalue weighted by Gasteiger charge is -2.36. The third-order valence-electron chi connectivity index (χ3n) is 7.54. The number of rotatable bonds is 12. The molecule has 2 fully saturated rings. The number of anilines is 1. The van der Waals surface area contributed by atoms with Gasteiger partial charge < -0.3 is 20.1 Å². The molecule has 0 aromatic heterocycles. The number of esters is 1. The fraction of sp³-hybridized carbons (Fsp3) is 0.467. The number of ether oxygens (including phenoxy) is 2. The molecule has 2 aromatic carbocycles. The van der Waals surface area contributed by atoms with Gasteiger partial charge in [0.15, 0.2) is 5.75 Å². The van der Waals surface area contributed by atoms with Crippen LogP contribution in [-0.4, -0.2) is 69.3 Å². The normalized spacial score (nSPS) is 17.1. The van der Waals surface area contributed by atoms with Crippen molar-refractivity contribution in [3.63, 3.8) is 0 Å². The average Bonchev–Trinajstić information content (AvgIpc) is 3.48. The van der Waals surface area contributed by atoms with E-state index in [1.807, 2.05) is 6.07 Å². The lowest BCUT2D eigenvalue weighted by molar-refractivity contribution is -0.139. The number of nitrogen functional groups attached to an aromatic ring is 1. The predicted octanol–water partition coefficient (Wildman–Crippen LogP) is 4.82. The van der Waals surface area contributed by atoms with Crippen molar-refractivity contribution in [1.82, 2.24) is 4.90 Å². The number of likely N-dealkylation sites (tertiary alicyclic amines) is 1. The summed E-state index contributed by atoms with van der Waals surface area (Å²) in [7, 11) is -4.10. The van der Waals surface area contributed by atoms with Gasteiger partial charge in [-0.2, -0.15) is 0 Å². The molecule has 1 aliphatic carbocycles. The molecule has 0 bridgehead atoms. The van der Waals surface area contributed by atoms with Crippen molar-refractivity contribution in [2.24, 2.45) is 5.73 Å². The Balaban J connectivity index is 1.48. The Kier molecular flexibility index (Phi) is 10.7. The first-order valence-electron chi connectivity index (χ1n) is 14.1. The average molecular weight is 603 g/mol. The predicted molar refractivity (Wildman–Crippen MR) is 163 cm³/mol. The molecule has 0 spiro atoms. The van der Waals surface area contributed by atoms with Gasteiger partial charge in [0, 0.05) is 24.7 Å². The molecular formula is C30H39ClN4O5S. The topological polar surface area (TPSA) is 126 Å². The van der Waals surface area contributed by atoms with Gasteiger partial charge in [-0.3, -0.25) is 14.5 Å². The quantitative estimate of drug-likeness (QED) is 0.203. The van der Waals surface area contributed by atoms with Crippen LogP contribution >= 0.6 is 11.6 Å². The summed E-state index contributed by atoms with van der Waals surface area (Å²) in [5.41, 5.74) is 7.21. The van der Waals surface area contributed by atoms with Crippen molar-refractivity contribution >= 4 is 45.2 Å². The van der Waals surface area contributed by atoms with E-state index >= 15 is 0 Å². The molecule has 4 rings (SSSR count). The van der Waals surface area contributed by atoms with Gasteiger partial charge in [0.25, 0.3) is 0 Å². The number of amidine groups is 1. The molecule has 2 aliphatic rings. The second-order valence-electron chi connectivity index (χ2n) is 10.4. The number of halogens is 1. The SMILES string of the molecule is CCOC(=O)CS(=O)(=O)N(CC=Cc1cccc(C(=N)N)c1)c1ccc(OC2CCN(C3CCCC3)CC2)c(Cl)c1. The number of benzene rings is 2. The van der Waals surface area contributed by atoms with Crippen LogP contribution < -0.4 is 14.8 Å². The monoisotopic (exact) mass is 602 g/mol. The van der Waals surface area contributed by atoms with Gasteiger partial charge in [-0.05, 0) is 62.4 Å². The van der Waals surface area contributed by atoms with Gasteiger partial charge in [-0.1, -0.05) is 54.8 Å². The van der Waals surface area contributed by atoms with Crippen LogP contribution in [0.15, 0.2) is 48.5 Å². The Morgan fingerprint density at radius 1 is 1.15 bits per heavy atom. The number of sulfonamides is 1. The highest BCUT2D eigenvalue weighted by molar-refractivity contribution is 7.93. The van der Waals surface area contributed by atoms with Crippen LogP contribution in [0, 0.1) is 5.41 Å². The molecule has 2 aromatic rings. The molecule has 0 radical (unpaired) electrons. The highest BCUT2D eigenvalue weighted by Gasteiger charge is 2.29. The standard InChI is InChI=1S/C30H39ClN4O5S/c1-2-39-29(36)21-41(37,38)35(16-6-8-22-7-5-9-23(19-22)30(32)33)25-12-13-28(27(31)20-25)40-26-14-17-34(18-15-26)24-10-3-4-11-24/h5-9,12-13,19-20,24,26H,2-4,10-11,14-18,21H2,1H3,(H3,32,33). The van der Waals surface area contributed by atoms with Crippen molar-refractivity contribution in [3.8, 4) is 5.75 Å². The van der Waals surface area contributed by atoms with Crippen LogP contribution in [0.1, 0.15) is 56.6 Å². The van der Waals surface area contributed by atoms with E-state index in [4.69, 9.17) is 32.2 Å². The molecule has 41 heavy (non-hydrogen) atoms. The van der Waals surface area contributed by atoms with Gasteiger partial charge >= 0.3 is 5.97 Å². The van der Waals surface area contributed by atoms with E-state index in [2.05, 4.69) is 4.90 Å². The Morgan fingerprint density at radius 3 is 2.54 bits per heavy atom. The van der Waals surface area contributed by atoms with E-state index in [1.54, 1.807) is 55.5 Å². The summed E-state index contributed by atoms with van der Waals surface area (Å²) in [6, 6.07) is 12.6. The molecule has 1 saturated carbocycles. The summed E-state index contributed by atoms with van der Waals surface area (Å²) in [4.78, 5) is 14.7. The summed E-state index contributed by atoms with van der Waals surface area (Å²) in [6.07, 6.45) is 10.5. The number of carbonyl (C=O) groups excluding carboxylic acids is 1. The van der Waals surface area contributed by atoms with Crippen LogP contribution in [0.25, 0.3) is 6.08 Å². The molecule has 1 heterocycles. The number of nitrogens with one attached hydrogen (secondary N) is 1. The molecule has 9 nitrogen and oxygen atoms in total. The zero-order valence-electron chi connectivity index (χ0n) is 23.4. The Labute approximate surface area is 247 Å². The maximum Gasteiger partial charge on any atom is 0.323 e. The minimum Gasteiger partial charge on any atom is -0.489 e. The minimum absolute atomic E-state index is 0.0494. The van der Waals surface area contributed by atoms with Gasteiger partial charge in [-0.15, -0.1) is 0 Å². The lowest BCUT2D eigenvalue weighted by atomic mass is 10.0. The van der Waals surface area contributed by atoms with Crippen molar-refractivity contribution in [1.29, 1.82) is 5.41 Å². The number of nitrogens with two attached hydrogens (primary N) is 1. The summed E-state index contributed by atoms with van der Waals surface area (Å²) in [6.45, 7) is 3.66. The van der Waals surface area contributed by atoms with E-state index in [9.17, 15) is 13.2 Å². The largest absolute Gasteiger partial charge is 0.489 e. The number of piperidine rings is 1. The minimum atomic E-state index is -4.10. The Hall–Kier alpha value is -3.08. The van der Waals surface area contributed by atoms with Crippen molar-refractivity contribution < 1.29 is 22.7 Å². The van der Waals surface area contributed by atoms with Crippen LogP contribution in [0.5, 0.6) is 5.75 Å². The molecule has 11 heteroatoms. The molecule has 222 valence electrons. The Morgan fingerprint density at radius 2 is 1.88 bits per heavy atom. The van der Waals surface area contributed by atoms with Crippen LogP contribution in [0.3, 0.4) is 0 Å². The van der Waals surface area contributed by atoms with Crippen LogP contribution in [-0.2, 0) is 19.6 Å². The summed E-state index contributed by atoms with van der Waals surface area (Å²) < 4.78 is 38.9. The van der Waals surface area contributed by atoms with Gasteiger partial charge in [0.05, 0.1) is 23.9 Å². The number of nitrogens with zero attached hydrogens (tertiary/aromatic N) is 2. The first-order chi connectivity index (χ1) is 19.7. The molecule has 1 aliphatic heterocycles. The molecule has 1 saturated heterocycles. The maximum absolute atomic E-state index is 13.3. The number of carbonyl (C=O) groups is 1. The van der Waals surface area contributed by atoms with Crippen molar-refractivity contribution in [2.75, 3.05) is 36.3 Å². The molecule has 0 unspecified atom stereocenters. The van der Waals surface area contributed by atoms with Crippen LogP contribution in [0.2, 0.25) is 5.02 Å². The lowest BCUT2D eigenvalue weighted by Crippen LogP contribution is -2.43. The van der Waals surface area contributed by atoms with Gasteiger partial charge in [0.1, 0.15) is 17.7 Å². The third kappa shape index (κ3) is 8.47. The zero-order valence-corrected chi connectivity index (χ0v) is 25.0. The molecule has 3 N–H and O–H groups in total. The van der Waals surface area contributed by atoms with Crippen molar-refractivity contribution in [3.05, 3.63) is 64.7 Å². The fourth-order valence-electron chi connectivity index (χ4n) is 5.45. The smallest absolute Gasteiger partial charge is 0.323 e. The van der Waals surface area contributed by atoms with Gasteiger partial charge in [-0.25, -0.2) is 8.42 Å². The van der Waals surface area contributed by atoms with E-state index in [0.29, 0.717) is 28.1 Å². The van der Waals surface area contributed by atoms with Crippen molar-refractivity contribution in [2.45, 2.75) is 57.6 Å². The molecule has 0 amide bonds. The van der Waals surface area contributed by atoms with E-state index in [1.165, 1.54) is 25.7 Å². The van der Waals surface area contributed by atoms with E-state index in [-0.39, 0.29) is 25.1 Å². The van der Waals surface area contributed by atoms with E-state index in [0.717, 1.165) is 35.8 Å². The second-order valence-corrected chi connectivity index (χ2v) is 12.7.